The van der Waals surface area contributed by atoms with E-state index in [1.54, 1.807) is 6.92 Å². The predicted molar refractivity (Wildman–Crippen MR) is 49.8 cm³/mol. The molecule has 0 aromatic carbocycles. The van der Waals surface area contributed by atoms with Gasteiger partial charge in [0.25, 0.3) is 0 Å². The monoisotopic (exact) mass is 170 g/mol. The van der Waals surface area contributed by atoms with Crippen LogP contribution in [0.2, 0.25) is 0 Å². The molecule has 2 heteroatoms. The maximum absolute atomic E-state index is 10.8. The van der Waals surface area contributed by atoms with Crippen molar-refractivity contribution in [2.75, 3.05) is 6.61 Å². The second-order valence-corrected chi connectivity index (χ2v) is 3.92. The van der Waals surface area contributed by atoms with Crippen LogP contribution in [0.4, 0.5) is 0 Å². The molecule has 0 aliphatic carbocycles. The van der Waals surface area contributed by atoms with E-state index >= 15 is 0 Å². The van der Waals surface area contributed by atoms with Crippen molar-refractivity contribution in [2.45, 2.75) is 34.1 Å². The van der Waals surface area contributed by atoms with Crippen molar-refractivity contribution in [3.05, 3.63) is 12.2 Å². The lowest BCUT2D eigenvalue weighted by molar-refractivity contribution is -0.137. The van der Waals surface area contributed by atoms with Gasteiger partial charge in [-0.2, -0.15) is 0 Å². The third-order valence-corrected chi connectivity index (χ3v) is 1.27. The van der Waals surface area contributed by atoms with Gasteiger partial charge in [-0.25, -0.2) is 4.79 Å². The molecule has 0 saturated carbocycles. The third kappa shape index (κ3) is 7.32. The standard InChI is InChI=1S/C10H18O2/c1-5-12-9(11)7-6-8-10(2,3)4/h6-7H,5,8H2,1-4H3. The first-order valence-electron chi connectivity index (χ1n) is 4.29. The van der Waals surface area contributed by atoms with E-state index in [0.717, 1.165) is 6.42 Å². The smallest absolute Gasteiger partial charge is 0.330 e. The molecule has 0 rings (SSSR count). The molecule has 0 saturated heterocycles. The minimum Gasteiger partial charge on any atom is -0.463 e. The first-order chi connectivity index (χ1) is 5.45. The highest BCUT2D eigenvalue weighted by Gasteiger charge is 2.06. The van der Waals surface area contributed by atoms with Crippen molar-refractivity contribution >= 4 is 5.97 Å². The van der Waals surface area contributed by atoms with Gasteiger partial charge in [-0.1, -0.05) is 26.8 Å². The number of carbonyl (C=O) groups excluding carboxylic acids is 1. The van der Waals surface area contributed by atoms with Gasteiger partial charge in [0.15, 0.2) is 0 Å². The van der Waals surface area contributed by atoms with Gasteiger partial charge in [0.1, 0.15) is 0 Å². The van der Waals surface area contributed by atoms with Gasteiger partial charge in [0.2, 0.25) is 0 Å². The molecule has 0 amide bonds. The molecular weight excluding hydrogens is 152 g/mol. The summed E-state index contributed by atoms with van der Waals surface area (Å²) in [6.07, 6.45) is 4.25. The fourth-order valence-electron chi connectivity index (χ4n) is 0.699. The summed E-state index contributed by atoms with van der Waals surface area (Å²) in [7, 11) is 0. The Bertz CT molecular complexity index is 163. The molecule has 70 valence electrons. The highest BCUT2D eigenvalue weighted by molar-refractivity contribution is 5.81. The Morgan fingerprint density at radius 2 is 2.00 bits per heavy atom. The Labute approximate surface area is 74.6 Å². The number of carbonyl (C=O) groups is 1. The molecule has 0 aliphatic rings. The zero-order chi connectivity index (χ0) is 9.61. The van der Waals surface area contributed by atoms with Gasteiger partial charge in [-0.3, -0.25) is 0 Å². The zero-order valence-electron chi connectivity index (χ0n) is 8.39. The molecule has 0 bridgehead atoms. The minimum atomic E-state index is -0.248. The van der Waals surface area contributed by atoms with Gasteiger partial charge in [-0.15, -0.1) is 0 Å². The van der Waals surface area contributed by atoms with Crippen LogP contribution in [0.1, 0.15) is 34.1 Å². The predicted octanol–water partition coefficient (Wildman–Crippen LogP) is 2.54. The number of hydrogen-bond acceptors (Lipinski definition) is 2. The Kier molecular flexibility index (Phi) is 4.64. The summed E-state index contributed by atoms with van der Waals surface area (Å²) in [4.78, 5) is 10.8. The largest absolute Gasteiger partial charge is 0.463 e. The summed E-state index contributed by atoms with van der Waals surface area (Å²) < 4.78 is 4.73. The summed E-state index contributed by atoms with van der Waals surface area (Å²) in [6, 6.07) is 0. The number of ether oxygens (including phenoxy) is 1. The zero-order valence-corrected chi connectivity index (χ0v) is 8.39. The van der Waals surface area contributed by atoms with Crippen LogP contribution in [0.15, 0.2) is 12.2 Å². The fourth-order valence-corrected chi connectivity index (χ4v) is 0.699. The van der Waals surface area contributed by atoms with E-state index in [1.807, 2.05) is 6.08 Å². The van der Waals surface area contributed by atoms with Crippen LogP contribution in [0.3, 0.4) is 0 Å². The van der Waals surface area contributed by atoms with Crippen LogP contribution in [0.5, 0.6) is 0 Å². The first-order valence-corrected chi connectivity index (χ1v) is 4.29. The van der Waals surface area contributed by atoms with Crippen LogP contribution >= 0.6 is 0 Å². The highest BCUT2D eigenvalue weighted by atomic mass is 16.5. The molecule has 0 aromatic rings. The number of rotatable bonds is 3. The van der Waals surface area contributed by atoms with Crippen molar-refractivity contribution in [3.8, 4) is 0 Å². The summed E-state index contributed by atoms with van der Waals surface area (Å²) in [6.45, 7) is 8.63. The molecule has 0 aliphatic heterocycles. The second kappa shape index (κ2) is 4.96. The Morgan fingerprint density at radius 1 is 1.42 bits per heavy atom. The Hall–Kier alpha value is -0.790. The average Bonchev–Trinajstić information content (AvgIpc) is 1.84. The molecule has 0 N–H and O–H groups in total. The quantitative estimate of drug-likeness (QED) is 0.480. The molecule has 12 heavy (non-hydrogen) atoms. The van der Waals surface area contributed by atoms with E-state index < -0.39 is 0 Å². The third-order valence-electron chi connectivity index (χ3n) is 1.27. The van der Waals surface area contributed by atoms with Gasteiger partial charge in [0, 0.05) is 6.08 Å². The number of hydrogen-bond donors (Lipinski definition) is 0. The van der Waals surface area contributed by atoms with E-state index in [-0.39, 0.29) is 11.4 Å². The second-order valence-electron chi connectivity index (χ2n) is 3.92. The van der Waals surface area contributed by atoms with Crippen molar-refractivity contribution in [1.82, 2.24) is 0 Å². The van der Waals surface area contributed by atoms with Crippen LogP contribution in [0.25, 0.3) is 0 Å². The molecule has 0 radical (unpaired) electrons. The van der Waals surface area contributed by atoms with E-state index in [0.29, 0.717) is 6.61 Å². The average molecular weight is 170 g/mol. The first kappa shape index (κ1) is 11.2. The summed E-state index contributed by atoms with van der Waals surface area (Å²) in [5, 5.41) is 0. The summed E-state index contributed by atoms with van der Waals surface area (Å²) in [5.41, 5.74) is 0.239. The molecule has 2 nitrogen and oxygen atoms in total. The van der Waals surface area contributed by atoms with E-state index in [9.17, 15) is 4.79 Å². The Balaban J connectivity index is 3.69. The molecule has 0 atom stereocenters. The normalized spacial score (nSPS) is 12.0. The van der Waals surface area contributed by atoms with E-state index in [1.165, 1.54) is 6.08 Å². The SMILES string of the molecule is CCOC(=O)C=CCC(C)(C)C. The lowest BCUT2D eigenvalue weighted by Crippen LogP contribution is -2.03. The molecule has 0 spiro atoms. The van der Waals surface area contributed by atoms with Crippen LogP contribution in [-0.2, 0) is 9.53 Å². The molecule has 0 unspecified atom stereocenters. The van der Waals surface area contributed by atoms with Gasteiger partial charge in [0.05, 0.1) is 6.61 Å². The number of allylic oxidation sites excluding steroid dienone is 1. The molecule has 0 fully saturated rings. The fraction of sp³-hybridized carbons (Fsp3) is 0.700. The summed E-state index contributed by atoms with van der Waals surface area (Å²) >= 11 is 0. The van der Waals surface area contributed by atoms with E-state index in [4.69, 9.17) is 4.74 Å². The lowest BCUT2D eigenvalue weighted by Gasteiger charge is -2.14. The van der Waals surface area contributed by atoms with Crippen molar-refractivity contribution < 1.29 is 9.53 Å². The van der Waals surface area contributed by atoms with Crippen LogP contribution < -0.4 is 0 Å². The summed E-state index contributed by atoms with van der Waals surface area (Å²) in [5.74, 6) is -0.248. The lowest BCUT2D eigenvalue weighted by atomic mass is 9.92. The van der Waals surface area contributed by atoms with Crippen molar-refractivity contribution in [1.29, 1.82) is 0 Å². The van der Waals surface area contributed by atoms with Gasteiger partial charge >= 0.3 is 5.97 Å². The van der Waals surface area contributed by atoms with E-state index in [2.05, 4.69) is 20.8 Å². The Morgan fingerprint density at radius 3 is 2.42 bits per heavy atom. The maximum Gasteiger partial charge on any atom is 0.330 e. The van der Waals surface area contributed by atoms with Crippen molar-refractivity contribution in [3.63, 3.8) is 0 Å². The molecular formula is C10H18O2. The minimum absolute atomic E-state index is 0.239. The highest BCUT2D eigenvalue weighted by Crippen LogP contribution is 2.18. The van der Waals surface area contributed by atoms with Gasteiger partial charge in [-0.05, 0) is 18.8 Å². The van der Waals surface area contributed by atoms with Crippen molar-refractivity contribution in [2.24, 2.45) is 5.41 Å². The van der Waals surface area contributed by atoms with Gasteiger partial charge < -0.3 is 4.74 Å². The topological polar surface area (TPSA) is 26.3 Å². The molecule has 0 aromatic heterocycles. The molecule has 0 heterocycles. The maximum atomic E-state index is 10.8. The number of esters is 1. The van der Waals surface area contributed by atoms with Crippen LogP contribution in [-0.4, -0.2) is 12.6 Å². The van der Waals surface area contributed by atoms with Crippen LogP contribution in [0, 0.1) is 5.41 Å².